The molecule has 0 radical (unpaired) electrons. The van der Waals surface area contributed by atoms with Gasteiger partial charge in [-0.2, -0.15) is 0 Å². The summed E-state index contributed by atoms with van der Waals surface area (Å²) in [6.45, 7) is 0. The molecular weight excluding hydrogens is 509 g/mol. The van der Waals surface area contributed by atoms with E-state index in [1.54, 1.807) is 0 Å². The highest BCUT2D eigenvalue weighted by atomic mass is 32.2. The van der Waals surface area contributed by atoms with Gasteiger partial charge in [0.1, 0.15) is 17.5 Å². The second kappa shape index (κ2) is 8.95. The van der Waals surface area contributed by atoms with E-state index in [0.29, 0.717) is 22.1 Å². The zero-order valence-electron chi connectivity index (χ0n) is 17.1. The average Bonchev–Trinajstić information content (AvgIpc) is 3.19. The van der Waals surface area contributed by atoms with Crippen LogP contribution in [0.2, 0.25) is 0 Å². The van der Waals surface area contributed by atoms with E-state index in [2.05, 4.69) is 4.98 Å². The summed E-state index contributed by atoms with van der Waals surface area (Å²) in [6.07, 6.45) is 0. The van der Waals surface area contributed by atoms with E-state index >= 15 is 0 Å². The molecule has 1 heterocycles. The number of aromatic nitrogens is 1. The van der Waals surface area contributed by atoms with Gasteiger partial charge in [0.05, 0.1) is 21.2 Å². The van der Waals surface area contributed by atoms with Crippen molar-refractivity contribution < 1.29 is 30.0 Å². The lowest BCUT2D eigenvalue weighted by atomic mass is 10.1. The quantitative estimate of drug-likeness (QED) is 0.399. The molecule has 4 rings (SSSR count). The van der Waals surface area contributed by atoms with Crippen LogP contribution >= 0.6 is 11.3 Å². The van der Waals surface area contributed by atoms with Crippen molar-refractivity contribution in [3.8, 4) is 21.7 Å². The summed E-state index contributed by atoms with van der Waals surface area (Å²) in [7, 11) is -8.06. The highest BCUT2D eigenvalue weighted by Crippen LogP contribution is 2.39. The third kappa shape index (κ3) is 5.20. The predicted molar refractivity (Wildman–Crippen MR) is 122 cm³/mol. The number of benzene rings is 3. The molecule has 4 aromatic rings. The third-order valence-electron chi connectivity index (χ3n) is 4.72. The zero-order valence-corrected chi connectivity index (χ0v) is 19.5. The second-order valence-corrected chi connectivity index (χ2v) is 12.0. The van der Waals surface area contributed by atoms with Crippen LogP contribution in [0.5, 0.6) is 0 Å². The van der Waals surface area contributed by atoms with Crippen LogP contribution in [0.25, 0.3) is 21.7 Å². The molecule has 3 aromatic carbocycles. The number of primary sulfonamides is 1. The van der Waals surface area contributed by atoms with Crippen LogP contribution < -0.4 is 5.14 Å². The smallest absolute Gasteiger partial charge is 0.225 e. The number of hydrogen-bond acceptors (Lipinski definition) is 6. The molecule has 0 fully saturated rings. The molecule has 0 amide bonds. The summed E-state index contributed by atoms with van der Waals surface area (Å²) in [6, 6.07) is 13.1. The van der Waals surface area contributed by atoms with Gasteiger partial charge in [0, 0.05) is 11.6 Å². The molecule has 0 aliphatic carbocycles. The van der Waals surface area contributed by atoms with Crippen LogP contribution in [-0.2, 0) is 25.6 Å². The lowest BCUT2D eigenvalue weighted by Gasteiger charge is -2.04. The number of sulfone groups is 1. The second-order valence-electron chi connectivity index (χ2n) is 7.27. The minimum Gasteiger partial charge on any atom is -0.225 e. The molecule has 0 saturated carbocycles. The molecule has 0 saturated heterocycles. The van der Waals surface area contributed by atoms with Gasteiger partial charge in [0.15, 0.2) is 0 Å². The van der Waals surface area contributed by atoms with Crippen molar-refractivity contribution in [2.45, 2.75) is 15.0 Å². The number of nitrogens with two attached hydrogens (primary N) is 1. The predicted octanol–water partition coefficient (Wildman–Crippen LogP) is 4.52. The number of halogens is 3. The van der Waals surface area contributed by atoms with Gasteiger partial charge in [-0.05, 0) is 59.7 Å². The van der Waals surface area contributed by atoms with E-state index in [9.17, 15) is 30.0 Å². The van der Waals surface area contributed by atoms with Crippen molar-refractivity contribution in [2.24, 2.45) is 5.14 Å². The van der Waals surface area contributed by atoms with Crippen molar-refractivity contribution in [1.29, 1.82) is 0 Å². The Morgan fingerprint density at radius 2 is 1.32 bits per heavy atom. The minimum atomic E-state index is -4.12. The van der Waals surface area contributed by atoms with Gasteiger partial charge in [-0.15, -0.1) is 11.3 Å². The molecule has 0 bridgehead atoms. The van der Waals surface area contributed by atoms with Gasteiger partial charge in [0.25, 0.3) is 0 Å². The largest absolute Gasteiger partial charge is 0.238 e. The molecule has 0 spiro atoms. The van der Waals surface area contributed by atoms with E-state index in [-0.39, 0.29) is 20.5 Å². The first-order chi connectivity index (χ1) is 15.9. The fourth-order valence-electron chi connectivity index (χ4n) is 3.20. The molecule has 12 heteroatoms. The molecule has 6 nitrogen and oxygen atoms in total. The highest BCUT2D eigenvalue weighted by Gasteiger charge is 2.25. The molecule has 2 N–H and O–H groups in total. The summed E-state index contributed by atoms with van der Waals surface area (Å²) in [4.78, 5) is 4.49. The monoisotopic (exact) mass is 524 g/mol. The Morgan fingerprint density at radius 3 is 1.88 bits per heavy atom. The third-order valence-corrected chi connectivity index (χ3v) is 8.89. The van der Waals surface area contributed by atoms with Crippen LogP contribution in [-0.4, -0.2) is 21.8 Å². The molecule has 34 heavy (non-hydrogen) atoms. The first-order valence-electron chi connectivity index (χ1n) is 9.50. The topological polar surface area (TPSA) is 107 Å². The van der Waals surface area contributed by atoms with E-state index in [1.165, 1.54) is 48.5 Å². The van der Waals surface area contributed by atoms with Crippen LogP contribution in [0.15, 0.2) is 76.0 Å². The Morgan fingerprint density at radius 1 is 0.765 bits per heavy atom. The molecule has 0 atom stereocenters. The van der Waals surface area contributed by atoms with E-state index in [4.69, 9.17) is 5.14 Å². The van der Waals surface area contributed by atoms with Gasteiger partial charge >= 0.3 is 0 Å². The number of hydrogen-bond donors (Lipinski definition) is 1. The first kappa shape index (κ1) is 24.1. The van der Waals surface area contributed by atoms with Crippen LogP contribution in [0.1, 0.15) is 5.56 Å². The van der Waals surface area contributed by atoms with Gasteiger partial charge in [-0.3, -0.25) is 0 Å². The molecule has 0 unspecified atom stereocenters. The van der Waals surface area contributed by atoms with Crippen molar-refractivity contribution in [3.05, 3.63) is 89.7 Å². The fraction of sp³-hybridized carbons (Fsp3) is 0.0455. The lowest BCUT2D eigenvalue weighted by Crippen LogP contribution is -2.11. The van der Waals surface area contributed by atoms with Crippen molar-refractivity contribution >= 4 is 31.2 Å². The van der Waals surface area contributed by atoms with Crippen molar-refractivity contribution in [2.75, 3.05) is 0 Å². The summed E-state index contributed by atoms with van der Waals surface area (Å²) in [5, 5.41) is 5.13. The summed E-state index contributed by atoms with van der Waals surface area (Å²) in [5.41, 5.74) is 0.997. The SMILES string of the molecule is NS(=O)(=O)c1ccc(-c2sc(S(=O)(=O)Cc3cc(F)cc(F)c3)nc2-c2ccc(F)cc2)cc1. The number of thiazole rings is 1. The molecule has 0 aliphatic heterocycles. The minimum absolute atomic E-state index is 0.0879. The number of rotatable bonds is 6. The maximum Gasteiger partial charge on any atom is 0.238 e. The Labute approximate surface area is 197 Å². The average molecular weight is 525 g/mol. The van der Waals surface area contributed by atoms with Crippen LogP contribution in [0, 0.1) is 17.5 Å². The zero-order chi connectivity index (χ0) is 24.7. The van der Waals surface area contributed by atoms with Gasteiger partial charge in [0.2, 0.25) is 24.2 Å². The van der Waals surface area contributed by atoms with E-state index in [1.807, 2.05) is 0 Å². The number of sulfonamides is 1. The summed E-state index contributed by atoms with van der Waals surface area (Å²) in [5.74, 6) is -3.01. The first-order valence-corrected chi connectivity index (χ1v) is 13.5. The molecule has 176 valence electrons. The number of nitrogens with zero attached hydrogens (tertiary/aromatic N) is 1. The fourth-order valence-corrected chi connectivity index (χ4v) is 6.44. The van der Waals surface area contributed by atoms with Crippen LogP contribution in [0.3, 0.4) is 0 Å². The van der Waals surface area contributed by atoms with Crippen LogP contribution in [0.4, 0.5) is 13.2 Å². The standard InChI is InChI=1S/C22H15F3N2O4S3/c23-16-5-1-14(2-6-16)20-21(15-3-7-19(8-4-15)34(26,30)31)32-22(27-20)33(28,29)12-13-9-17(24)11-18(25)10-13/h1-11H,12H2,(H2,26,30,31). The highest BCUT2D eigenvalue weighted by molar-refractivity contribution is 7.92. The Balaban J connectivity index is 1.82. The maximum absolute atomic E-state index is 13.5. The van der Waals surface area contributed by atoms with E-state index < -0.39 is 43.1 Å². The van der Waals surface area contributed by atoms with Gasteiger partial charge in [-0.25, -0.2) is 40.1 Å². The molecular formula is C22H15F3N2O4S3. The summed E-state index contributed by atoms with van der Waals surface area (Å²) < 4.78 is 89.4. The normalized spacial score (nSPS) is 12.1. The summed E-state index contributed by atoms with van der Waals surface area (Å²) >= 11 is 0.799. The van der Waals surface area contributed by atoms with Gasteiger partial charge < -0.3 is 0 Å². The Kier molecular flexibility index (Phi) is 6.34. The van der Waals surface area contributed by atoms with Crippen molar-refractivity contribution in [1.82, 2.24) is 4.98 Å². The van der Waals surface area contributed by atoms with E-state index in [0.717, 1.165) is 23.5 Å². The van der Waals surface area contributed by atoms with Crippen molar-refractivity contribution in [3.63, 3.8) is 0 Å². The molecule has 0 aliphatic rings. The lowest BCUT2D eigenvalue weighted by molar-refractivity contribution is 0.578. The Hall–Kier alpha value is -3.06. The van der Waals surface area contributed by atoms with Gasteiger partial charge in [-0.1, -0.05) is 12.1 Å². The molecule has 1 aromatic heterocycles. The Bertz CT molecular complexity index is 1560. The maximum atomic E-state index is 13.5.